The Balaban J connectivity index is 1.38. The Bertz CT molecular complexity index is 1050. The van der Waals surface area contributed by atoms with E-state index in [2.05, 4.69) is 20.2 Å². The monoisotopic (exact) mass is 476 g/mol. The van der Waals surface area contributed by atoms with Crippen LogP contribution in [-0.2, 0) is 6.54 Å². The van der Waals surface area contributed by atoms with Gasteiger partial charge in [-0.05, 0) is 50.9 Å². The molecule has 10 heteroatoms. The smallest absolute Gasteiger partial charge is 0.274 e. The van der Waals surface area contributed by atoms with Crippen molar-refractivity contribution < 1.29 is 13.6 Å². The first kappa shape index (κ1) is 22.3. The van der Waals surface area contributed by atoms with E-state index in [1.54, 1.807) is 4.90 Å². The molecule has 0 aliphatic carbocycles. The summed E-state index contributed by atoms with van der Waals surface area (Å²) in [5.41, 5.74) is 0.329. The Labute approximate surface area is 196 Å². The summed E-state index contributed by atoms with van der Waals surface area (Å²) in [6, 6.07) is 2.26. The average molecular weight is 477 g/mol. The number of carbonyl (C=O) groups is 1. The maximum Gasteiger partial charge on any atom is 0.274 e. The number of rotatable bonds is 5. The third kappa shape index (κ3) is 4.48. The van der Waals surface area contributed by atoms with Crippen LogP contribution in [0.3, 0.4) is 0 Å². The summed E-state index contributed by atoms with van der Waals surface area (Å²) in [5.74, 6) is -0.421. The van der Waals surface area contributed by atoms with Gasteiger partial charge in [0.1, 0.15) is 17.3 Å². The number of carbonyl (C=O) groups excluding carboxylic acids is 1. The van der Waals surface area contributed by atoms with Gasteiger partial charge in [-0.25, -0.2) is 18.7 Å². The average Bonchev–Trinajstić information content (AvgIpc) is 3.51. The van der Waals surface area contributed by atoms with Gasteiger partial charge in [0.2, 0.25) is 0 Å². The third-order valence-electron chi connectivity index (χ3n) is 6.74. The van der Waals surface area contributed by atoms with Crippen LogP contribution in [0.2, 0.25) is 5.02 Å². The van der Waals surface area contributed by atoms with Crippen LogP contribution in [0.25, 0.3) is 0 Å². The largest absolute Gasteiger partial charge is 0.365 e. The van der Waals surface area contributed by atoms with Gasteiger partial charge in [0.25, 0.3) is 5.91 Å². The van der Waals surface area contributed by atoms with Gasteiger partial charge in [-0.15, -0.1) is 0 Å². The first-order valence-electron chi connectivity index (χ1n) is 11.5. The van der Waals surface area contributed by atoms with Gasteiger partial charge < -0.3 is 20.0 Å². The fourth-order valence-corrected chi connectivity index (χ4v) is 5.22. The zero-order chi connectivity index (χ0) is 22.9. The molecule has 0 radical (unpaired) electrons. The number of likely N-dealkylation sites (tertiary alicyclic amines) is 2. The van der Waals surface area contributed by atoms with Crippen molar-refractivity contribution in [2.75, 3.05) is 49.5 Å². The van der Waals surface area contributed by atoms with Crippen molar-refractivity contribution in [2.45, 2.75) is 38.3 Å². The Morgan fingerprint density at radius 1 is 1.12 bits per heavy atom. The molecule has 1 aromatic carbocycles. The Kier molecular flexibility index (Phi) is 6.34. The first-order valence-corrected chi connectivity index (χ1v) is 11.9. The first-order chi connectivity index (χ1) is 16.0. The topological polar surface area (TPSA) is 64.6 Å². The number of anilines is 2. The lowest BCUT2D eigenvalue weighted by Crippen LogP contribution is -2.43. The molecule has 2 aromatic rings. The number of nitrogens with zero attached hydrogens (tertiary/aromatic N) is 5. The summed E-state index contributed by atoms with van der Waals surface area (Å²) in [4.78, 5) is 28.5. The SMILES string of the molecule is O=C(c1cnc2c(n1)N(Cc1c(F)ccc(F)c1Cl)CCN2)N1CCC[C@H]1CN1CCCC1. The summed E-state index contributed by atoms with van der Waals surface area (Å²) in [5, 5.41) is 2.93. The second kappa shape index (κ2) is 9.38. The minimum Gasteiger partial charge on any atom is -0.365 e. The molecule has 2 saturated heterocycles. The van der Waals surface area contributed by atoms with Crippen molar-refractivity contribution in [2.24, 2.45) is 0 Å². The Morgan fingerprint density at radius 2 is 1.91 bits per heavy atom. The van der Waals surface area contributed by atoms with E-state index in [0.717, 1.165) is 44.6 Å². The zero-order valence-electron chi connectivity index (χ0n) is 18.4. The molecule has 0 saturated carbocycles. The molecule has 0 bridgehead atoms. The number of hydrogen-bond donors (Lipinski definition) is 1. The molecule has 176 valence electrons. The molecule has 1 N–H and O–H groups in total. The Morgan fingerprint density at radius 3 is 2.73 bits per heavy atom. The van der Waals surface area contributed by atoms with Crippen LogP contribution in [0.5, 0.6) is 0 Å². The number of aromatic nitrogens is 2. The van der Waals surface area contributed by atoms with Gasteiger partial charge in [0.05, 0.1) is 11.2 Å². The fourth-order valence-electron chi connectivity index (χ4n) is 5.00. The highest BCUT2D eigenvalue weighted by Crippen LogP contribution is 2.31. The molecule has 3 aliphatic rings. The van der Waals surface area contributed by atoms with E-state index < -0.39 is 11.6 Å². The summed E-state index contributed by atoms with van der Waals surface area (Å²) >= 11 is 6.04. The lowest BCUT2D eigenvalue weighted by atomic mass is 10.1. The quantitative estimate of drug-likeness (QED) is 0.666. The molecule has 0 spiro atoms. The molecular formula is C23H27ClF2N6O. The molecule has 1 aromatic heterocycles. The molecule has 1 amide bonds. The summed E-state index contributed by atoms with van der Waals surface area (Å²) in [6.07, 6.45) is 5.91. The van der Waals surface area contributed by atoms with E-state index in [0.29, 0.717) is 31.3 Å². The van der Waals surface area contributed by atoms with Crippen molar-refractivity contribution in [1.29, 1.82) is 0 Å². The molecule has 7 nitrogen and oxygen atoms in total. The van der Waals surface area contributed by atoms with Crippen molar-refractivity contribution in [3.05, 3.63) is 46.2 Å². The second-order valence-electron chi connectivity index (χ2n) is 8.90. The fraction of sp³-hybridized carbons (Fsp3) is 0.522. The molecule has 3 aliphatic heterocycles. The van der Waals surface area contributed by atoms with E-state index in [9.17, 15) is 13.6 Å². The van der Waals surface area contributed by atoms with Crippen molar-refractivity contribution in [1.82, 2.24) is 19.8 Å². The normalized spacial score (nSPS) is 20.8. The van der Waals surface area contributed by atoms with Gasteiger partial charge in [-0.3, -0.25) is 4.79 Å². The van der Waals surface area contributed by atoms with Gasteiger partial charge in [-0.1, -0.05) is 11.6 Å². The summed E-state index contributed by atoms with van der Waals surface area (Å²) in [7, 11) is 0. The zero-order valence-corrected chi connectivity index (χ0v) is 19.1. The van der Waals surface area contributed by atoms with Gasteiger partial charge >= 0.3 is 0 Å². The van der Waals surface area contributed by atoms with Gasteiger partial charge in [-0.2, -0.15) is 0 Å². The number of halogens is 3. The Hall–Kier alpha value is -2.52. The lowest BCUT2D eigenvalue weighted by Gasteiger charge is -2.31. The predicted molar refractivity (Wildman–Crippen MR) is 123 cm³/mol. The van der Waals surface area contributed by atoms with E-state index >= 15 is 0 Å². The molecule has 0 unspecified atom stereocenters. The van der Waals surface area contributed by atoms with E-state index in [-0.39, 0.29) is 34.8 Å². The van der Waals surface area contributed by atoms with Crippen molar-refractivity contribution in [3.8, 4) is 0 Å². The summed E-state index contributed by atoms with van der Waals surface area (Å²) in [6.45, 7) is 4.89. The van der Waals surface area contributed by atoms with Gasteiger partial charge in [0, 0.05) is 44.3 Å². The highest BCUT2D eigenvalue weighted by Gasteiger charge is 2.33. The number of nitrogens with one attached hydrogen (secondary N) is 1. The van der Waals surface area contributed by atoms with Crippen LogP contribution in [0.4, 0.5) is 20.4 Å². The number of benzene rings is 1. The highest BCUT2D eigenvalue weighted by molar-refractivity contribution is 6.31. The van der Waals surface area contributed by atoms with Crippen molar-refractivity contribution >= 4 is 29.1 Å². The third-order valence-corrected chi connectivity index (χ3v) is 7.15. The summed E-state index contributed by atoms with van der Waals surface area (Å²) < 4.78 is 28.3. The standard InChI is InChI=1S/C23H27ClF2N6O/c24-20-16(17(25)5-6-18(20)26)14-31-11-7-27-21-22(31)29-19(12-28-21)23(33)32-10-3-4-15(32)13-30-8-1-2-9-30/h5-6,12,15H,1-4,7-11,13-14H2,(H,27,28)/t15-/m0/s1. The number of fused-ring (bicyclic) bond motifs is 1. The molecular weight excluding hydrogens is 450 g/mol. The predicted octanol–water partition coefficient (Wildman–Crippen LogP) is 3.54. The molecule has 2 fully saturated rings. The minimum atomic E-state index is -0.670. The van der Waals surface area contributed by atoms with Crippen LogP contribution in [0.1, 0.15) is 41.7 Å². The number of amides is 1. The second-order valence-corrected chi connectivity index (χ2v) is 9.28. The van der Waals surface area contributed by atoms with Crippen LogP contribution >= 0.6 is 11.6 Å². The number of hydrogen-bond acceptors (Lipinski definition) is 6. The van der Waals surface area contributed by atoms with Crippen LogP contribution < -0.4 is 10.2 Å². The van der Waals surface area contributed by atoms with Crippen LogP contribution in [-0.4, -0.2) is 71.0 Å². The van der Waals surface area contributed by atoms with E-state index in [1.807, 2.05) is 4.90 Å². The molecule has 4 heterocycles. The van der Waals surface area contributed by atoms with Crippen molar-refractivity contribution in [3.63, 3.8) is 0 Å². The maximum atomic E-state index is 14.4. The van der Waals surface area contributed by atoms with Crippen LogP contribution in [0, 0.1) is 11.6 Å². The molecule has 1 atom stereocenters. The van der Waals surface area contributed by atoms with E-state index in [1.165, 1.54) is 19.0 Å². The van der Waals surface area contributed by atoms with E-state index in [4.69, 9.17) is 11.6 Å². The lowest BCUT2D eigenvalue weighted by molar-refractivity contribution is 0.0702. The van der Waals surface area contributed by atoms with Gasteiger partial charge in [0.15, 0.2) is 11.6 Å². The maximum absolute atomic E-state index is 14.4. The highest BCUT2D eigenvalue weighted by atomic mass is 35.5. The van der Waals surface area contributed by atoms with Crippen LogP contribution in [0.15, 0.2) is 18.3 Å². The molecule has 33 heavy (non-hydrogen) atoms. The minimum absolute atomic E-state index is 0.0325. The molecule has 5 rings (SSSR count).